The number of allylic oxidation sites excluding steroid dienone is 1. The molecule has 1 saturated carbocycles. The first-order valence-corrected chi connectivity index (χ1v) is 7.33. The molecular formula is C15H27NO. The highest BCUT2D eigenvalue weighted by atomic mass is 16.5. The van der Waals surface area contributed by atoms with Crippen molar-refractivity contribution in [2.24, 2.45) is 0 Å². The summed E-state index contributed by atoms with van der Waals surface area (Å²) < 4.78 is 6.11. The summed E-state index contributed by atoms with van der Waals surface area (Å²) in [5.74, 6) is 0. The molecule has 1 saturated heterocycles. The maximum atomic E-state index is 6.11. The fourth-order valence-corrected chi connectivity index (χ4v) is 3.28. The van der Waals surface area contributed by atoms with Gasteiger partial charge in [-0.2, -0.15) is 0 Å². The molecule has 1 heterocycles. The second-order valence-corrected chi connectivity index (χ2v) is 5.59. The lowest BCUT2D eigenvalue weighted by molar-refractivity contribution is -0.109. The standard InChI is InChI=1S/C15H27NO/c1-2-3-7-11-16-14-8-12-17-15(13-14)9-5-4-6-10-15/h2-3,14,16H,4-13H2,1H3/b3-2+. The average molecular weight is 237 g/mol. The Kier molecular flexibility index (Phi) is 5.05. The zero-order valence-electron chi connectivity index (χ0n) is 11.2. The molecule has 0 bridgehead atoms. The Balaban J connectivity index is 1.76. The van der Waals surface area contributed by atoms with Crippen molar-refractivity contribution in [3.05, 3.63) is 12.2 Å². The predicted molar refractivity (Wildman–Crippen MR) is 72.2 cm³/mol. The van der Waals surface area contributed by atoms with Crippen molar-refractivity contribution in [1.82, 2.24) is 5.32 Å². The minimum atomic E-state index is 0.245. The van der Waals surface area contributed by atoms with Gasteiger partial charge in [0, 0.05) is 12.6 Å². The Morgan fingerprint density at radius 2 is 2.12 bits per heavy atom. The van der Waals surface area contributed by atoms with Crippen molar-refractivity contribution in [2.45, 2.75) is 69.9 Å². The first kappa shape index (κ1) is 13.1. The summed E-state index contributed by atoms with van der Waals surface area (Å²) in [5, 5.41) is 3.70. The predicted octanol–water partition coefficient (Wildman–Crippen LogP) is 3.42. The molecule has 17 heavy (non-hydrogen) atoms. The highest BCUT2D eigenvalue weighted by Crippen LogP contribution is 2.38. The van der Waals surface area contributed by atoms with Crippen LogP contribution in [0.4, 0.5) is 0 Å². The van der Waals surface area contributed by atoms with Gasteiger partial charge < -0.3 is 10.1 Å². The van der Waals surface area contributed by atoms with Gasteiger partial charge in [0.25, 0.3) is 0 Å². The zero-order valence-corrected chi connectivity index (χ0v) is 11.2. The summed E-state index contributed by atoms with van der Waals surface area (Å²) in [6.45, 7) is 4.16. The van der Waals surface area contributed by atoms with Gasteiger partial charge in [0.15, 0.2) is 0 Å². The maximum Gasteiger partial charge on any atom is 0.0697 e. The molecule has 0 aromatic heterocycles. The van der Waals surface area contributed by atoms with E-state index >= 15 is 0 Å². The fourth-order valence-electron chi connectivity index (χ4n) is 3.28. The fraction of sp³-hybridized carbons (Fsp3) is 0.867. The van der Waals surface area contributed by atoms with E-state index < -0.39 is 0 Å². The van der Waals surface area contributed by atoms with Crippen LogP contribution >= 0.6 is 0 Å². The van der Waals surface area contributed by atoms with Crippen molar-refractivity contribution >= 4 is 0 Å². The van der Waals surface area contributed by atoms with E-state index in [-0.39, 0.29) is 5.60 Å². The van der Waals surface area contributed by atoms with Crippen molar-refractivity contribution in [3.8, 4) is 0 Å². The quantitative estimate of drug-likeness (QED) is 0.597. The van der Waals surface area contributed by atoms with Crippen LogP contribution in [0.2, 0.25) is 0 Å². The molecule has 98 valence electrons. The minimum absolute atomic E-state index is 0.245. The number of nitrogens with one attached hydrogen (secondary N) is 1. The minimum Gasteiger partial charge on any atom is -0.375 e. The van der Waals surface area contributed by atoms with Crippen molar-refractivity contribution in [3.63, 3.8) is 0 Å². The molecule has 0 amide bonds. The number of hydrogen-bond acceptors (Lipinski definition) is 2. The lowest BCUT2D eigenvalue weighted by atomic mass is 9.78. The van der Waals surface area contributed by atoms with Crippen LogP contribution in [-0.2, 0) is 4.74 Å². The van der Waals surface area contributed by atoms with Crippen LogP contribution < -0.4 is 5.32 Å². The van der Waals surface area contributed by atoms with Crippen LogP contribution in [0.25, 0.3) is 0 Å². The monoisotopic (exact) mass is 237 g/mol. The number of hydrogen-bond donors (Lipinski definition) is 1. The van der Waals surface area contributed by atoms with Gasteiger partial charge in [0.05, 0.1) is 5.60 Å². The van der Waals surface area contributed by atoms with Crippen molar-refractivity contribution in [1.29, 1.82) is 0 Å². The third-order valence-corrected chi connectivity index (χ3v) is 4.24. The van der Waals surface area contributed by atoms with Crippen LogP contribution in [0.3, 0.4) is 0 Å². The second kappa shape index (κ2) is 6.55. The van der Waals surface area contributed by atoms with E-state index in [4.69, 9.17) is 4.74 Å². The molecule has 1 aliphatic carbocycles. The molecule has 2 fully saturated rings. The van der Waals surface area contributed by atoms with E-state index in [1.54, 1.807) is 0 Å². The molecule has 1 atom stereocenters. The van der Waals surface area contributed by atoms with E-state index in [9.17, 15) is 0 Å². The number of ether oxygens (including phenoxy) is 1. The Bertz CT molecular complexity index is 238. The third kappa shape index (κ3) is 3.82. The SMILES string of the molecule is C/C=C/CCNC1CCOC2(CCCCC2)C1. The summed E-state index contributed by atoms with van der Waals surface area (Å²) in [6, 6.07) is 0.687. The molecule has 2 heteroatoms. The molecule has 1 spiro atoms. The van der Waals surface area contributed by atoms with E-state index in [2.05, 4.69) is 24.4 Å². The molecule has 0 radical (unpaired) electrons. The van der Waals surface area contributed by atoms with Gasteiger partial charge in [0.2, 0.25) is 0 Å². The van der Waals surface area contributed by atoms with Crippen LogP contribution in [-0.4, -0.2) is 24.8 Å². The Labute approximate surface area is 106 Å². The summed E-state index contributed by atoms with van der Waals surface area (Å²) in [6.07, 6.45) is 14.7. The molecule has 2 rings (SSSR count). The first-order valence-electron chi connectivity index (χ1n) is 7.33. The smallest absolute Gasteiger partial charge is 0.0697 e. The van der Waals surface area contributed by atoms with E-state index in [1.165, 1.54) is 44.9 Å². The van der Waals surface area contributed by atoms with Gasteiger partial charge in [-0.05, 0) is 45.6 Å². The van der Waals surface area contributed by atoms with Gasteiger partial charge in [-0.15, -0.1) is 0 Å². The summed E-state index contributed by atoms with van der Waals surface area (Å²) in [4.78, 5) is 0. The van der Waals surface area contributed by atoms with Crippen molar-refractivity contribution < 1.29 is 4.74 Å². The van der Waals surface area contributed by atoms with Crippen LogP contribution in [0.5, 0.6) is 0 Å². The molecule has 1 aliphatic heterocycles. The van der Waals surface area contributed by atoms with E-state index in [1.807, 2.05) is 0 Å². The molecule has 1 N–H and O–H groups in total. The molecule has 1 unspecified atom stereocenters. The largest absolute Gasteiger partial charge is 0.375 e. The normalized spacial score (nSPS) is 28.9. The molecule has 0 aromatic rings. The first-order chi connectivity index (χ1) is 8.35. The second-order valence-electron chi connectivity index (χ2n) is 5.59. The molecule has 0 aromatic carbocycles. The molecule has 2 aliphatic rings. The van der Waals surface area contributed by atoms with Gasteiger partial charge in [-0.25, -0.2) is 0 Å². The Morgan fingerprint density at radius 3 is 2.88 bits per heavy atom. The van der Waals surface area contributed by atoms with Gasteiger partial charge in [-0.3, -0.25) is 0 Å². The van der Waals surface area contributed by atoms with Crippen molar-refractivity contribution in [2.75, 3.05) is 13.2 Å². The summed E-state index contributed by atoms with van der Waals surface area (Å²) >= 11 is 0. The van der Waals surface area contributed by atoms with Gasteiger partial charge in [-0.1, -0.05) is 31.4 Å². The van der Waals surface area contributed by atoms with Crippen LogP contribution in [0.1, 0.15) is 58.3 Å². The lowest BCUT2D eigenvalue weighted by Crippen LogP contribution is -2.48. The highest BCUT2D eigenvalue weighted by Gasteiger charge is 2.38. The summed E-state index contributed by atoms with van der Waals surface area (Å²) in [7, 11) is 0. The van der Waals surface area contributed by atoms with E-state index in [0.717, 1.165) is 19.6 Å². The molecule has 2 nitrogen and oxygen atoms in total. The van der Waals surface area contributed by atoms with Crippen LogP contribution in [0.15, 0.2) is 12.2 Å². The topological polar surface area (TPSA) is 21.3 Å². The third-order valence-electron chi connectivity index (χ3n) is 4.24. The summed E-state index contributed by atoms with van der Waals surface area (Å²) in [5.41, 5.74) is 0.245. The van der Waals surface area contributed by atoms with Crippen LogP contribution in [0, 0.1) is 0 Å². The molecular weight excluding hydrogens is 210 g/mol. The van der Waals surface area contributed by atoms with Gasteiger partial charge >= 0.3 is 0 Å². The Morgan fingerprint density at radius 1 is 1.29 bits per heavy atom. The Hall–Kier alpha value is -0.340. The zero-order chi connectivity index (χ0) is 12.0. The maximum absolute atomic E-state index is 6.11. The lowest BCUT2D eigenvalue weighted by Gasteiger charge is -2.43. The number of rotatable bonds is 4. The average Bonchev–Trinajstić information content (AvgIpc) is 2.36. The highest BCUT2D eigenvalue weighted by molar-refractivity contribution is 4.92. The van der Waals surface area contributed by atoms with E-state index in [0.29, 0.717) is 6.04 Å². The van der Waals surface area contributed by atoms with Gasteiger partial charge in [0.1, 0.15) is 0 Å².